The fraction of sp³-hybridized carbons (Fsp3) is 0.462. The van der Waals surface area contributed by atoms with Crippen LogP contribution in [0.4, 0.5) is 0 Å². The van der Waals surface area contributed by atoms with Crippen molar-refractivity contribution in [3.05, 3.63) is 51.7 Å². The lowest BCUT2D eigenvalue weighted by Crippen LogP contribution is -2.39. The van der Waals surface area contributed by atoms with Crippen LogP contribution in [0.25, 0.3) is 6.08 Å². The van der Waals surface area contributed by atoms with Crippen molar-refractivity contribution in [2.45, 2.75) is 58.5 Å². The van der Waals surface area contributed by atoms with Gasteiger partial charge in [0.1, 0.15) is 11.7 Å². The molecule has 17 heteroatoms. The molecule has 0 aliphatic carbocycles. The zero-order valence-electron chi connectivity index (χ0n) is 23.6. The molecule has 43 heavy (non-hydrogen) atoms. The maximum atomic E-state index is 13.4. The van der Waals surface area contributed by atoms with Gasteiger partial charge >= 0.3 is 21.6 Å². The first-order valence-electron chi connectivity index (χ1n) is 13.4. The number of phosphoric acid groups is 2. The number of nitrogens with one attached hydrogen (secondary N) is 1. The maximum Gasteiger partial charge on any atom is 0.524 e. The lowest BCUT2D eigenvalue weighted by atomic mass is 10.0. The van der Waals surface area contributed by atoms with Crippen molar-refractivity contribution in [1.29, 1.82) is 0 Å². The van der Waals surface area contributed by atoms with E-state index in [-0.39, 0.29) is 23.8 Å². The zero-order valence-corrected chi connectivity index (χ0v) is 26.1. The number of hydroxylamine groups is 1. The van der Waals surface area contributed by atoms with Crippen LogP contribution >= 0.6 is 27.2 Å². The topological polar surface area (TPSA) is 201 Å². The molecule has 2 aliphatic rings. The van der Waals surface area contributed by atoms with Crippen LogP contribution in [0.3, 0.4) is 0 Å². The molecule has 1 atom stereocenters. The number of hydrogen-bond donors (Lipinski definition) is 5. The van der Waals surface area contributed by atoms with E-state index in [1.54, 1.807) is 17.9 Å². The fourth-order valence-electron chi connectivity index (χ4n) is 4.39. The molecule has 0 spiro atoms. The summed E-state index contributed by atoms with van der Waals surface area (Å²) in [6, 6.07) is 0.671. The zero-order chi connectivity index (χ0) is 31.8. The van der Waals surface area contributed by atoms with Gasteiger partial charge in [0.2, 0.25) is 0 Å². The second-order valence-electron chi connectivity index (χ2n) is 10.0. The van der Waals surface area contributed by atoms with Crippen molar-refractivity contribution in [2.24, 2.45) is 0 Å². The molecular weight excluding hydrogens is 630 g/mol. The molecule has 238 valence electrons. The van der Waals surface area contributed by atoms with Gasteiger partial charge in [-0.25, -0.2) is 13.9 Å². The van der Waals surface area contributed by atoms with Gasteiger partial charge in [0.15, 0.2) is 18.1 Å². The Morgan fingerprint density at radius 3 is 2.37 bits per heavy atom. The Bertz CT molecular complexity index is 1380. The van der Waals surface area contributed by atoms with Gasteiger partial charge in [0.25, 0.3) is 5.91 Å². The Balaban J connectivity index is 2.17. The van der Waals surface area contributed by atoms with Crippen molar-refractivity contribution >= 4 is 45.2 Å². The fourth-order valence-corrected chi connectivity index (χ4v) is 5.48. The van der Waals surface area contributed by atoms with Crippen molar-refractivity contribution in [3.8, 4) is 11.5 Å². The molecule has 0 aromatic heterocycles. The standard InChI is InChI=1S/C26H35ClN2O12P2/c1-17-9-5-3-6-10-18(2)39-26(31)24-20(14-19(13-17)28-38-16-23(30)29-11-7-4-8-12-29)25(27)22(41-43(35,36)37)15-21(24)40-42(32,33)34/h3,6,13-15,18,28H,4-5,7-12,16H2,1-2H3,(H2,32,33,34)(H2,35,36,37)/b6-3?,17-13+,19-14-/t18-/m1/s1. The maximum absolute atomic E-state index is 13.4. The van der Waals surface area contributed by atoms with Gasteiger partial charge < -0.3 is 18.7 Å². The van der Waals surface area contributed by atoms with Crippen LogP contribution in [0.15, 0.2) is 35.6 Å². The number of rotatable bonds is 8. The average Bonchev–Trinajstić information content (AvgIpc) is 2.89. The molecule has 2 heterocycles. The van der Waals surface area contributed by atoms with E-state index in [1.807, 2.05) is 19.1 Å². The highest BCUT2D eigenvalue weighted by Gasteiger charge is 2.31. The summed E-state index contributed by atoms with van der Waals surface area (Å²) in [6.07, 6.45) is 10.3. The van der Waals surface area contributed by atoms with Crippen molar-refractivity contribution in [1.82, 2.24) is 10.4 Å². The number of esters is 1. The van der Waals surface area contributed by atoms with Gasteiger partial charge in [-0.1, -0.05) is 29.3 Å². The Kier molecular flexibility index (Phi) is 12.4. The summed E-state index contributed by atoms with van der Waals surface area (Å²) in [6.45, 7) is 4.33. The SMILES string of the molecule is C/C1=C\C(NOCC(=O)N2CCCCC2)=C\c2c(Cl)c(OP(=O)(O)O)cc(OP(=O)(O)O)c2C(=O)O[C@H](C)CC=CCC1. The number of halogens is 1. The number of cyclic esters (lactones) is 1. The number of phosphoric ester groups is 2. The summed E-state index contributed by atoms with van der Waals surface area (Å²) in [4.78, 5) is 71.2. The molecule has 0 saturated carbocycles. The highest BCUT2D eigenvalue weighted by Crippen LogP contribution is 2.49. The van der Waals surface area contributed by atoms with E-state index in [9.17, 15) is 38.3 Å². The normalized spacial score (nSPS) is 21.3. The number of piperidine rings is 1. The highest BCUT2D eigenvalue weighted by molar-refractivity contribution is 7.47. The number of carbonyl (C=O) groups excluding carboxylic acids is 2. The Hall–Kier alpha value is -2.67. The number of amides is 1. The lowest BCUT2D eigenvalue weighted by Gasteiger charge is -2.26. The Morgan fingerprint density at radius 2 is 1.72 bits per heavy atom. The summed E-state index contributed by atoms with van der Waals surface area (Å²) in [5.41, 5.74) is 2.72. The number of benzene rings is 1. The van der Waals surface area contributed by atoms with Crippen LogP contribution in [-0.2, 0) is 23.5 Å². The predicted octanol–water partition coefficient (Wildman–Crippen LogP) is 4.39. The number of hydrogen-bond acceptors (Lipinski definition) is 9. The van der Waals surface area contributed by atoms with E-state index in [1.165, 1.54) is 6.08 Å². The van der Waals surface area contributed by atoms with E-state index in [4.69, 9.17) is 25.7 Å². The minimum Gasteiger partial charge on any atom is -0.459 e. The van der Waals surface area contributed by atoms with Gasteiger partial charge in [0.05, 0.1) is 10.7 Å². The minimum atomic E-state index is -5.33. The van der Waals surface area contributed by atoms with Crippen LogP contribution in [-0.4, -0.2) is 62.2 Å². The average molecular weight is 665 g/mol. The number of carbonyl (C=O) groups is 2. The summed E-state index contributed by atoms with van der Waals surface area (Å²) >= 11 is 6.49. The third-order valence-electron chi connectivity index (χ3n) is 6.31. The molecular formula is C26H35ClN2O12P2. The Labute approximate surface area is 253 Å². The van der Waals surface area contributed by atoms with E-state index in [2.05, 4.69) is 10.0 Å². The monoisotopic (exact) mass is 664 g/mol. The van der Waals surface area contributed by atoms with E-state index in [0.29, 0.717) is 38.4 Å². The minimum absolute atomic E-state index is 0.129. The molecule has 0 radical (unpaired) electrons. The molecule has 1 aromatic carbocycles. The molecule has 1 saturated heterocycles. The number of ether oxygens (including phenoxy) is 1. The molecule has 1 amide bonds. The molecule has 14 nitrogen and oxygen atoms in total. The molecule has 5 N–H and O–H groups in total. The third-order valence-corrected chi connectivity index (χ3v) is 7.57. The van der Waals surface area contributed by atoms with Crippen LogP contribution in [0.1, 0.15) is 68.3 Å². The van der Waals surface area contributed by atoms with Crippen LogP contribution < -0.4 is 14.5 Å². The second kappa shape index (κ2) is 15.4. The number of likely N-dealkylation sites (tertiary alicyclic amines) is 1. The quantitative estimate of drug-likeness (QED) is 0.113. The molecule has 0 unspecified atom stereocenters. The van der Waals surface area contributed by atoms with E-state index >= 15 is 0 Å². The van der Waals surface area contributed by atoms with Crippen LogP contribution in [0, 0.1) is 0 Å². The summed E-state index contributed by atoms with van der Waals surface area (Å²) in [5.74, 6) is -2.89. The van der Waals surface area contributed by atoms with Gasteiger partial charge in [-0.15, -0.1) is 0 Å². The second-order valence-corrected chi connectivity index (χ2v) is 12.7. The van der Waals surface area contributed by atoms with Gasteiger partial charge in [-0.05, 0) is 58.1 Å². The van der Waals surface area contributed by atoms with Crippen molar-refractivity contribution in [3.63, 3.8) is 0 Å². The lowest BCUT2D eigenvalue weighted by molar-refractivity contribution is -0.139. The van der Waals surface area contributed by atoms with Crippen LogP contribution in [0.2, 0.25) is 5.02 Å². The first-order chi connectivity index (χ1) is 20.1. The van der Waals surface area contributed by atoms with Gasteiger partial charge in [0, 0.05) is 31.1 Å². The number of nitrogens with zero attached hydrogens (tertiary/aromatic N) is 1. The molecule has 3 rings (SSSR count). The largest absolute Gasteiger partial charge is 0.524 e. The number of fused-ring (bicyclic) bond motifs is 1. The first kappa shape index (κ1) is 34.8. The predicted molar refractivity (Wildman–Crippen MR) is 156 cm³/mol. The molecule has 0 bridgehead atoms. The van der Waals surface area contributed by atoms with Gasteiger partial charge in [-0.3, -0.25) is 34.7 Å². The molecule has 1 aromatic rings. The first-order valence-corrected chi connectivity index (χ1v) is 16.8. The van der Waals surface area contributed by atoms with Crippen LogP contribution in [0.5, 0.6) is 11.5 Å². The number of allylic oxidation sites excluding steroid dienone is 3. The van der Waals surface area contributed by atoms with Crippen molar-refractivity contribution < 1.29 is 56.9 Å². The summed E-state index contributed by atoms with van der Waals surface area (Å²) in [5, 5.41) is -0.511. The highest BCUT2D eigenvalue weighted by atomic mass is 35.5. The molecule has 2 aliphatic heterocycles. The summed E-state index contributed by atoms with van der Waals surface area (Å²) in [7, 11) is -10.6. The Morgan fingerprint density at radius 1 is 1.07 bits per heavy atom. The van der Waals surface area contributed by atoms with E-state index in [0.717, 1.165) is 24.8 Å². The van der Waals surface area contributed by atoms with Gasteiger partial charge in [-0.2, -0.15) is 0 Å². The molecule has 1 fully saturated rings. The van der Waals surface area contributed by atoms with Crippen molar-refractivity contribution in [2.75, 3.05) is 19.7 Å². The summed E-state index contributed by atoms with van der Waals surface area (Å²) < 4.78 is 38.4. The van der Waals surface area contributed by atoms with E-state index < -0.39 is 49.8 Å². The third kappa shape index (κ3) is 11.4. The smallest absolute Gasteiger partial charge is 0.459 e.